The Kier molecular flexibility index (Phi) is 6.06. The van der Waals surface area contributed by atoms with Gasteiger partial charge in [0.15, 0.2) is 0 Å². The van der Waals surface area contributed by atoms with Gasteiger partial charge in [-0.25, -0.2) is 0 Å². The lowest BCUT2D eigenvalue weighted by atomic mass is 9.87. The zero-order valence-electron chi connectivity index (χ0n) is 13.2. The van der Waals surface area contributed by atoms with E-state index in [9.17, 15) is 0 Å². The summed E-state index contributed by atoms with van der Waals surface area (Å²) in [6, 6.07) is 9.46. The van der Waals surface area contributed by atoms with E-state index in [1.807, 2.05) is 0 Å². The molecule has 0 saturated carbocycles. The van der Waals surface area contributed by atoms with Crippen LogP contribution < -0.4 is 5.32 Å². The summed E-state index contributed by atoms with van der Waals surface area (Å²) >= 11 is 0. The van der Waals surface area contributed by atoms with E-state index in [0.717, 1.165) is 26.0 Å². The first kappa shape index (κ1) is 15.5. The molecule has 1 saturated heterocycles. The number of benzene rings is 1. The number of ether oxygens (including phenoxy) is 1. The molecule has 112 valence electrons. The summed E-state index contributed by atoms with van der Waals surface area (Å²) in [5.41, 5.74) is 2.80. The van der Waals surface area contributed by atoms with Crippen molar-refractivity contribution < 1.29 is 4.74 Å². The van der Waals surface area contributed by atoms with Gasteiger partial charge < -0.3 is 10.1 Å². The molecule has 2 heteroatoms. The van der Waals surface area contributed by atoms with Crippen molar-refractivity contribution in [2.45, 2.75) is 58.6 Å². The van der Waals surface area contributed by atoms with E-state index < -0.39 is 0 Å². The van der Waals surface area contributed by atoms with Gasteiger partial charge in [0, 0.05) is 18.6 Å². The molecule has 3 unspecified atom stereocenters. The van der Waals surface area contributed by atoms with Crippen molar-refractivity contribution in [2.24, 2.45) is 5.92 Å². The van der Waals surface area contributed by atoms with Gasteiger partial charge in [-0.15, -0.1) is 0 Å². The van der Waals surface area contributed by atoms with Gasteiger partial charge in [-0.1, -0.05) is 43.7 Å². The fourth-order valence-corrected chi connectivity index (χ4v) is 3.34. The fraction of sp³-hybridized carbons (Fsp3) is 0.667. The number of nitrogens with one attached hydrogen (secondary N) is 1. The van der Waals surface area contributed by atoms with Crippen LogP contribution in [0.5, 0.6) is 0 Å². The highest BCUT2D eigenvalue weighted by molar-refractivity contribution is 5.23. The third-order valence-electron chi connectivity index (χ3n) is 4.37. The molecule has 3 atom stereocenters. The van der Waals surface area contributed by atoms with Gasteiger partial charge in [-0.2, -0.15) is 0 Å². The molecule has 0 radical (unpaired) electrons. The maximum Gasteiger partial charge on any atom is 0.0616 e. The molecular formula is C18H29NO. The molecular weight excluding hydrogens is 246 g/mol. The van der Waals surface area contributed by atoms with Gasteiger partial charge in [0.2, 0.25) is 0 Å². The molecule has 1 fully saturated rings. The predicted molar refractivity (Wildman–Crippen MR) is 85.1 cm³/mol. The van der Waals surface area contributed by atoms with Crippen LogP contribution in [0.25, 0.3) is 0 Å². The molecule has 0 aliphatic carbocycles. The second kappa shape index (κ2) is 7.80. The molecule has 0 bridgehead atoms. The van der Waals surface area contributed by atoms with Crippen molar-refractivity contribution in [3.8, 4) is 0 Å². The van der Waals surface area contributed by atoms with Crippen molar-refractivity contribution in [1.29, 1.82) is 0 Å². The van der Waals surface area contributed by atoms with Crippen molar-refractivity contribution in [2.75, 3.05) is 13.2 Å². The molecule has 1 aromatic rings. The topological polar surface area (TPSA) is 21.3 Å². The molecule has 1 aromatic carbocycles. The van der Waals surface area contributed by atoms with E-state index in [2.05, 4.69) is 50.4 Å². The van der Waals surface area contributed by atoms with Crippen LogP contribution in [0.4, 0.5) is 0 Å². The summed E-state index contributed by atoms with van der Waals surface area (Å²) < 4.78 is 5.90. The van der Waals surface area contributed by atoms with Gasteiger partial charge in [0.1, 0.15) is 0 Å². The third kappa shape index (κ3) is 4.07. The second-order valence-electron chi connectivity index (χ2n) is 6.02. The summed E-state index contributed by atoms with van der Waals surface area (Å²) in [5.74, 6) is 0.659. The van der Waals surface area contributed by atoms with Crippen LogP contribution >= 0.6 is 0 Å². The third-order valence-corrected chi connectivity index (χ3v) is 4.37. The summed E-state index contributed by atoms with van der Waals surface area (Å²) in [7, 11) is 0. The normalized spacial score (nSPS) is 23.9. The average molecular weight is 275 g/mol. The number of hydrogen-bond acceptors (Lipinski definition) is 2. The van der Waals surface area contributed by atoms with Crippen molar-refractivity contribution in [1.82, 2.24) is 5.32 Å². The van der Waals surface area contributed by atoms with Gasteiger partial charge >= 0.3 is 0 Å². The number of aryl methyl sites for hydroxylation is 1. The first-order valence-electron chi connectivity index (χ1n) is 8.15. The van der Waals surface area contributed by atoms with E-state index in [1.165, 1.54) is 24.0 Å². The Morgan fingerprint density at radius 2 is 2.20 bits per heavy atom. The zero-order chi connectivity index (χ0) is 14.4. The molecule has 1 N–H and O–H groups in total. The standard InChI is InChI=1S/C18H29NO/c1-4-10-19-17(16-9-11-20-18(16)5-2)13-15-8-6-7-14(3)12-15/h6-8,12,16-19H,4-5,9-11,13H2,1-3H3. The zero-order valence-corrected chi connectivity index (χ0v) is 13.2. The molecule has 20 heavy (non-hydrogen) atoms. The summed E-state index contributed by atoms with van der Waals surface area (Å²) in [6.45, 7) is 8.68. The van der Waals surface area contributed by atoms with Crippen LogP contribution in [-0.4, -0.2) is 25.3 Å². The molecule has 2 nitrogen and oxygen atoms in total. The largest absolute Gasteiger partial charge is 0.378 e. The number of hydrogen-bond donors (Lipinski definition) is 1. The van der Waals surface area contributed by atoms with Crippen molar-refractivity contribution >= 4 is 0 Å². The van der Waals surface area contributed by atoms with Gasteiger partial charge in [0.05, 0.1) is 6.10 Å². The van der Waals surface area contributed by atoms with E-state index >= 15 is 0 Å². The average Bonchev–Trinajstić information content (AvgIpc) is 2.92. The maximum atomic E-state index is 5.90. The van der Waals surface area contributed by atoms with Crippen LogP contribution in [0.2, 0.25) is 0 Å². The molecule has 1 heterocycles. The monoisotopic (exact) mass is 275 g/mol. The molecule has 0 amide bonds. The minimum Gasteiger partial charge on any atom is -0.378 e. The van der Waals surface area contributed by atoms with E-state index in [4.69, 9.17) is 4.74 Å². The molecule has 0 aromatic heterocycles. The quantitative estimate of drug-likeness (QED) is 0.819. The highest BCUT2D eigenvalue weighted by Gasteiger charge is 2.33. The first-order chi connectivity index (χ1) is 9.74. The summed E-state index contributed by atoms with van der Waals surface area (Å²) in [6.07, 6.45) is 5.07. The lowest BCUT2D eigenvalue weighted by molar-refractivity contribution is 0.0775. The summed E-state index contributed by atoms with van der Waals surface area (Å²) in [4.78, 5) is 0. The second-order valence-corrected chi connectivity index (χ2v) is 6.02. The van der Waals surface area contributed by atoms with Gasteiger partial charge in [-0.05, 0) is 44.7 Å². The Morgan fingerprint density at radius 3 is 2.90 bits per heavy atom. The highest BCUT2D eigenvalue weighted by atomic mass is 16.5. The maximum absolute atomic E-state index is 5.90. The molecule has 0 spiro atoms. The van der Waals surface area contributed by atoms with Crippen LogP contribution in [0.1, 0.15) is 44.2 Å². The van der Waals surface area contributed by atoms with Crippen LogP contribution in [0, 0.1) is 12.8 Å². The van der Waals surface area contributed by atoms with Gasteiger partial charge in [0.25, 0.3) is 0 Å². The van der Waals surface area contributed by atoms with Crippen molar-refractivity contribution in [3.63, 3.8) is 0 Å². The van der Waals surface area contributed by atoms with Crippen LogP contribution in [0.3, 0.4) is 0 Å². The summed E-state index contributed by atoms with van der Waals surface area (Å²) in [5, 5.41) is 3.76. The number of rotatable bonds is 7. The lowest BCUT2D eigenvalue weighted by Crippen LogP contribution is -2.41. The Morgan fingerprint density at radius 1 is 1.35 bits per heavy atom. The molecule has 1 aliphatic heterocycles. The Labute approximate surface area is 123 Å². The fourth-order valence-electron chi connectivity index (χ4n) is 3.34. The minimum absolute atomic E-state index is 0.439. The highest BCUT2D eigenvalue weighted by Crippen LogP contribution is 2.28. The van der Waals surface area contributed by atoms with E-state index in [-0.39, 0.29) is 0 Å². The van der Waals surface area contributed by atoms with Gasteiger partial charge in [-0.3, -0.25) is 0 Å². The Bertz CT molecular complexity index is 404. The SMILES string of the molecule is CCCNC(Cc1cccc(C)c1)C1CCOC1CC. The van der Waals surface area contributed by atoms with Crippen LogP contribution in [-0.2, 0) is 11.2 Å². The molecule has 2 rings (SSSR count). The molecule has 1 aliphatic rings. The first-order valence-corrected chi connectivity index (χ1v) is 8.15. The lowest BCUT2D eigenvalue weighted by Gasteiger charge is -2.28. The van der Waals surface area contributed by atoms with Crippen molar-refractivity contribution in [3.05, 3.63) is 35.4 Å². The Hall–Kier alpha value is -0.860. The minimum atomic E-state index is 0.439. The predicted octanol–water partition coefficient (Wildman–Crippen LogP) is 3.72. The smallest absolute Gasteiger partial charge is 0.0616 e. The van der Waals surface area contributed by atoms with E-state index in [0.29, 0.717) is 18.1 Å². The van der Waals surface area contributed by atoms with E-state index in [1.54, 1.807) is 0 Å². The van der Waals surface area contributed by atoms with Crippen LogP contribution in [0.15, 0.2) is 24.3 Å². The Balaban J connectivity index is 2.06.